The van der Waals surface area contributed by atoms with Crippen LogP contribution >= 0.6 is 11.6 Å². The highest BCUT2D eigenvalue weighted by Crippen LogP contribution is 2.41. The smallest absolute Gasteiger partial charge is 0.337 e. The SMILES string of the molecule is CCOc1cc(/C(O)=C2/C(=O)C(=O)N(Cc3ccc(C(=O)OC)cc3)C2c2cccc(O)c2)ccc1Cl. The molecule has 1 aliphatic heterocycles. The van der Waals surface area contributed by atoms with Crippen LogP contribution in [-0.4, -0.2) is 46.5 Å². The van der Waals surface area contributed by atoms with Crippen LogP contribution in [0.4, 0.5) is 0 Å². The summed E-state index contributed by atoms with van der Waals surface area (Å²) in [4.78, 5) is 39.6. The minimum atomic E-state index is -0.987. The van der Waals surface area contributed by atoms with Crippen LogP contribution in [0.15, 0.2) is 72.3 Å². The van der Waals surface area contributed by atoms with E-state index in [-0.39, 0.29) is 23.4 Å². The first-order chi connectivity index (χ1) is 17.7. The van der Waals surface area contributed by atoms with Crippen LogP contribution in [0.5, 0.6) is 11.5 Å². The predicted octanol–water partition coefficient (Wildman–Crippen LogP) is 4.85. The van der Waals surface area contributed by atoms with Gasteiger partial charge < -0.3 is 24.6 Å². The monoisotopic (exact) mass is 521 g/mol. The highest BCUT2D eigenvalue weighted by atomic mass is 35.5. The first-order valence-electron chi connectivity index (χ1n) is 11.4. The van der Waals surface area contributed by atoms with Gasteiger partial charge in [0, 0.05) is 12.1 Å². The second kappa shape index (κ2) is 10.8. The van der Waals surface area contributed by atoms with Crippen LogP contribution in [0.3, 0.4) is 0 Å². The molecular weight excluding hydrogens is 498 g/mol. The molecule has 1 fully saturated rings. The standard InChI is InChI=1S/C28H24ClNO7/c1-3-37-22-14-19(11-12-21(22)29)25(32)23-24(18-5-4-6-20(31)13-18)30(27(34)26(23)33)15-16-7-9-17(10-8-16)28(35)36-2/h4-14,24,31-32H,3,15H2,1-2H3/b25-23-. The molecule has 0 saturated carbocycles. The van der Waals surface area contributed by atoms with Crippen LogP contribution in [0.25, 0.3) is 5.76 Å². The van der Waals surface area contributed by atoms with Gasteiger partial charge >= 0.3 is 5.97 Å². The zero-order chi connectivity index (χ0) is 26.7. The lowest BCUT2D eigenvalue weighted by Gasteiger charge is -2.25. The number of ketones is 1. The molecule has 8 nitrogen and oxygen atoms in total. The summed E-state index contributed by atoms with van der Waals surface area (Å²) >= 11 is 6.18. The molecule has 4 rings (SSSR count). The van der Waals surface area contributed by atoms with E-state index < -0.39 is 29.5 Å². The predicted molar refractivity (Wildman–Crippen MR) is 136 cm³/mol. The summed E-state index contributed by atoms with van der Waals surface area (Å²) < 4.78 is 10.2. The number of phenols is 1. The van der Waals surface area contributed by atoms with Crippen molar-refractivity contribution in [1.29, 1.82) is 0 Å². The number of carbonyl (C=O) groups excluding carboxylic acids is 3. The van der Waals surface area contributed by atoms with E-state index in [1.165, 1.54) is 42.3 Å². The molecule has 0 bridgehead atoms. The largest absolute Gasteiger partial charge is 0.508 e. The molecular formula is C28H24ClNO7. The van der Waals surface area contributed by atoms with Crippen molar-refractivity contribution >= 4 is 35.0 Å². The van der Waals surface area contributed by atoms with Crippen LogP contribution in [0, 0.1) is 0 Å². The van der Waals surface area contributed by atoms with Crippen molar-refractivity contribution < 1.29 is 34.1 Å². The Morgan fingerprint density at radius 1 is 1.03 bits per heavy atom. The number of ether oxygens (including phenoxy) is 2. The molecule has 0 spiro atoms. The summed E-state index contributed by atoms with van der Waals surface area (Å²) in [6.45, 7) is 2.13. The Morgan fingerprint density at radius 3 is 2.38 bits per heavy atom. The number of halogens is 1. The first-order valence-corrected chi connectivity index (χ1v) is 11.8. The molecule has 0 aromatic heterocycles. The Labute approximate surface area is 218 Å². The summed E-state index contributed by atoms with van der Waals surface area (Å²) in [5.41, 5.74) is 1.53. The van der Waals surface area contributed by atoms with E-state index in [0.29, 0.717) is 34.1 Å². The molecule has 1 aliphatic rings. The van der Waals surface area contributed by atoms with E-state index in [0.717, 1.165) is 0 Å². The van der Waals surface area contributed by atoms with Gasteiger partial charge in [0.2, 0.25) is 0 Å². The number of hydrogen-bond acceptors (Lipinski definition) is 7. The van der Waals surface area contributed by atoms with Crippen molar-refractivity contribution in [3.05, 3.63) is 99.6 Å². The molecule has 1 heterocycles. The van der Waals surface area contributed by atoms with E-state index in [9.17, 15) is 24.6 Å². The van der Waals surface area contributed by atoms with Gasteiger partial charge in [0.1, 0.15) is 17.3 Å². The highest BCUT2D eigenvalue weighted by Gasteiger charge is 2.46. The number of hydrogen-bond donors (Lipinski definition) is 2. The molecule has 3 aromatic carbocycles. The normalized spacial score (nSPS) is 16.6. The topological polar surface area (TPSA) is 113 Å². The number of Topliss-reactive ketones (excluding diaryl/α,β-unsaturated/α-hetero) is 1. The van der Waals surface area contributed by atoms with E-state index in [1.54, 1.807) is 43.3 Å². The van der Waals surface area contributed by atoms with Crippen molar-refractivity contribution in [3.63, 3.8) is 0 Å². The van der Waals surface area contributed by atoms with Gasteiger partial charge in [0.15, 0.2) is 0 Å². The molecule has 2 N–H and O–H groups in total. The van der Waals surface area contributed by atoms with Crippen LogP contribution in [0.1, 0.15) is 40.0 Å². The molecule has 1 unspecified atom stereocenters. The molecule has 1 atom stereocenters. The average Bonchev–Trinajstić information content (AvgIpc) is 3.14. The quantitative estimate of drug-likeness (QED) is 0.198. The van der Waals surface area contributed by atoms with Gasteiger partial charge in [-0.15, -0.1) is 0 Å². The van der Waals surface area contributed by atoms with E-state index in [1.807, 2.05) is 0 Å². The lowest BCUT2D eigenvalue weighted by Crippen LogP contribution is -2.29. The summed E-state index contributed by atoms with van der Waals surface area (Å²) in [5.74, 6) is -2.32. The third-order valence-electron chi connectivity index (χ3n) is 5.96. The van der Waals surface area contributed by atoms with E-state index >= 15 is 0 Å². The van der Waals surface area contributed by atoms with Crippen molar-refractivity contribution in [1.82, 2.24) is 4.90 Å². The number of esters is 1. The zero-order valence-corrected chi connectivity index (χ0v) is 20.9. The fraction of sp³-hybridized carbons (Fsp3) is 0.179. The number of benzene rings is 3. The van der Waals surface area contributed by atoms with Gasteiger partial charge in [-0.2, -0.15) is 0 Å². The van der Waals surface area contributed by atoms with Crippen LogP contribution < -0.4 is 4.74 Å². The third kappa shape index (κ3) is 5.15. The van der Waals surface area contributed by atoms with E-state index in [4.69, 9.17) is 21.1 Å². The number of aromatic hydroxyl groups is 1. The molecule has 0 aliphatic carbocycles. The van der Waals surface area contributed by atoms with Gasteiger partial charge in [-0.25, -0.2) is 4.79 Å². The van der Waals surface area contributed by atoms with Crippen molar-refractivity contribution in [2.45, 2.75) is 19.5 Å². The summed E-state index contributed by atoms with van der Waals surface area (Å²) in [5, 5.41) is 21.7. The maximum Gasteiger partial charge on any atom is 0.337 e. The summed E-state index contributed by atoms with van der Waals surface area (Å²) in [6.07, 6.45) is 0. The molecule has 9 heteroatoms. The minimum absolute atomic E-state index is 0.00788. The second-order valence-electron chi connectivity index (χ2n) is 8.29. The highest BCUT2D eigenvalue weighted by molar-refractivity contribution is 6.46. The number of nitrogens with zero attached hydrogens (tertiary/aromatic N) is 1. The number of methoxy groups -OCH3 is 1. The Kier molecular flexibility index (Phi) is 7.50. The fourth-order valence-electron chi connectivity index (χ4n) is 4.22. The Hall–Kier alpha value is -4.30. The number of carbonyl (C=O) groups is 3. The number of phenolic OH excluding ortho intramolecular Hbond substituents is 1. The van der Waals surface area contributed by atoms with Gasteiger partial charge in [0.25, 0.3) is 11.7 Å². The average molecular weight is 522 g/mol. The Balaban J connectivity index is 1.81. The van der Waals surface area contributed by atoms with Crippen LogP contribution in [0.2, 0.25) is 5.02 Å². The first kappa shape index (κ1) is 25.8. The lowest BCUT2D eigenvalue weighted by molar-refractivity contribution is -0.140. The Bertz CT molecular complexity index is 1400. The number of rotatable bonds is 7. The van der Waals surface area contributed by atoms with Crippen molar-refractivity contribution in [3.8, 4) is 11.5 Å². The van der Waals surface area contributed by atoms with Crippen LogP contribution in [-0.2, 0) is 20.9 Å². The number of aliphatic hydroxyl groups excluding tert-OH is 1. The molecule has 37 heavy (non-hydrogen) atoms. The summed E-state index contributed by atoms with van der Waals surface area (Å²) in [7, 11) is 1.28. The molecule has 190 valence electrons. The molecule has 1 amide bonds. The van der Waals surface area contributed by atoms with Gasteiger partial charge in [0.05, 0.1) is 35.9 Å². The van der Waals surface area contributed by atoms with Gasteiger partial charge in [-0.3, -0.25) is 9.59 Å². The molecule has 0 radical (unpaired) electrons. The molecule has 3 aromatic rings. The maximum atomic E-state index is 13.3. The van der Waals surface area contributed by atoms with Gasteiger partial charge in [-0.1, -0.05) is 35.9 Å². The zero-order valence-electron chi connectivity index (χ0n) is 20.1. The fourth-order valence-corrected chi connectivity index (χ4v) is 4.39. The number of likely N-dealkylation sites (tertiary alicyclic amines) is 1. The third-order valence-corrected chi connectivity index (χ3v) is 6.27. The van der Waals surface area contributed by atoms with Gasteiger partial charge in [-0.05, 0) is 60.5 Å². The van der Waals surface area contributed by atoms with E-state index in [2.05, 4.69) is 0 Å². The second-order valence-corrected chi connectivity index (χ2v) is 8.70. The van der Waals surface area contributed by atoms with Crippen molar-refractivity contribution in [2.75, 3.05) is 13.7 Å². The van der Waals surface area contributed by atoms with Crippen molar-refractivity contribution in [2.24, 2.45) is 0 Å². The maximum absolute atomic E-state index is 13.3. The Morgan fingerprint density at radius 2 is 1.73 bits per heavy atom. The number of aliphatic hydroxyl groups is 1. The minimum Gasteiger partial charge on any atom is -0.508 e. The lowest BCUT2D eigenvalue weighted by atomic mass is 9.95. The number of amides is 1. The summed E-state index contributed by atoms with van der Waals surface area (Å²) in [6, 6.07) is 16.1. The molecule has 1 saturated heterocycles.